The van der Waals surface area contributed by atoms with Crippen molar-refractivity contribution in [1.82, 2.24) is 0 Å². The Morgan fingerprint density at radius 2 is 1.94 bits per heavy atom. The molecule has 4 aliphatic carbocycles. The van der Waals surface area contributed by atoms with E-state index in [0.29, 0.717) is 25.4 Å². The van der Waals surface area contributed by atoms with Crippen LogP contribution in [0.1, 0.15) is 53.4 Å². The molecule has 2 spiro atoms. The molecule has 6 nitrogen and oxygen atoms in total. The fraction of sp³-hybridized carbons (Fsp3) is 0.800. The fourth-order valence-electron chi connectivity index (χ4n) is 9.08. The zero-order chi connectivity index (χ0) is 21.8. The minimum Gasteiger partial charge on any atom is -0.393 e. The maximum Gasteiger partial charge on any atom is 0.227 e. The number of carbonyl (C=O) groups excluding carboxylic acids is 1. The second-order valence-electron chi connectivity index (χ2n) is 11.3. The van der Waals surface area contributed by atoms with Crippen LogP contribution in [0.25, 0.3) is 0 Å². The highest BCUT2D eigenvalue weighted by Gasteiger charge is 2.79. The average Bonchev–Trinajstić information content (AvgIpc) is 3.39. The van der Waals surface area contributed by atoms with Gasteiger partial charge in [-0.1, -0.05) is 32.4 Å². The summed E-state index contributed by atoms with van der Waals surface area (Å²) in [7, 11) is 0. The molecule has 9 atom stereocenters. The summed E-state index contributed by atoms with van der Waals surface area (Å²) >= 11 is 0. The number of carbonyl (C=O) groups is 1. The Hall–Kier alpha value is -1.05. The summed E-state index contributed by atoms with van der Waals surface area (Å²) in [5, 5.41) is 11.7. The van der Waals surface area contributed by atoms with Crippen LogP contribution >= 0.6 is 0 Å². The van der Waals surface area contributed by atoms with Crippen LogP contribution in [0.2, 0.25) is 0 Å². The molecular weight excluding hydrogens is 396 g/mol. The number of aliphatic hydroxyl groups excluding tert-OH is 1. The zero-order valence-electron chi connectivity index (χ0n) is 19.0. The van der Waals surface area contributed by atoms with E-state index in [-0.39, 0.29) is 48.0 Å². The highest BCUT2D eigenvalue weighted by Crippen LogP contribution is 2.72. The van der Waals surface area contributed by atoms with E-state index in [1.165, 1.54) is 5.57 Å². The molecule has 0 amide bonds. The first-order chi connectivity index (χ1) is 14.7. The van der Waals surface area contributed by atoms with Crippen LogP contribution in [0.15, 0.2) is 23.3 Å². The number of ether oxygens (including phenoxy) is 4. The van der Waals surface area contributed by atoms with E-state index >= 15 is 0 Å². The van der Waals surface area contributed by atoms with Gasteiger partial charge in [-0.05, 0) is 61.0 Å². The van der Waals surface area contributed by atoms with Crippen LogP contribution in [0.3, 0.4) is 0 Å². The van der Waals surface area contributed by atoms with Gasteiger partial charge in [0.05, 0.1) is 6.10 Å². The van der Waals surface area contributed by atoms with Crippen molar-refractivity contribution >= 4 is 5.78 Å². The summed E-state index contributed by atoms with van der Waals surface area (Å²) in [5.74, 6) is 0.194. The second-order valence-corrected chi connectivity index (χ2v) is 11.3. The third kappa shape index (κ3) is 2.24. The summed E-state index contributed by atoms with van der Waals surface area (Å²) in [6.45, 7) is 9.70. The number of ketones is 1. The maximum absolute atomic E-state index is 12.2. The molecule has 0 radical (unpaired) electrons. The van der Waals surface area contributed by atoms with Crippen LogP contribution in [0, 0.1) is 34.5 Å². The van der Waals surface area contributed by atoms with E-state index in [4.69, 9.17) is 18.9 Å². The lowest BCUT2D eigenvalue weighted by Gasteiger charge is -2.60. The van der Waals surface area contributed by atoms with Crippen molar-refractivity contribution in [2.45, 2.75) is 70.9 Å². The Balaban J connectivity index is 1.49. The quantitative estimate of drug-likeness (QED) is 0.635. The summed E-state index contributed by atoms with van der Waals surface area (Å²) in [5.41, 5.74) is 1.21. The number of rotatable bonds is 0. The molecule has 1 N–H and O–H groups in total. The van der Waals surface area contributed by atoms with E-state index < -0.39 is 17.5 Å². The van der Waals surface area contributed by atoms with Crippen molar-refractivity contribution in [3.63, 3.8) is 0 Å². The average molecular weight is 431 g/mol. The van der Waals surface area contributed by atoms with E-state index in [9.17, 15) is 9.90 Å². The molecule has 2 saturated carbocycles. The van der Waals surface area contributed by atoms with Gasteiger partial charge in [0.15, 0.2) is 19.4 Å². The van der Waals surface area contributed by atoms with Gasteiger partial charge in [-0.15, -0.1) is 0 Å². The molecule has 4 fully saturated rings. The minimum atomic E-state index is -0.901. The van der Waals surface area contributed by atoms with E-state index in [1.54, 1.807) is 0 Å². The van der Waals surface area contributed by atoms with Gasteiger partial charge in [0.2, 0.25) is 5.79 Å². The second kappa shape index (κ2) is 6.29. The first kappa shape index (κ1) is 20.5. The van der Waals surface area contributed by atoms with Crippen LogP contribution in [-0.2, 0) is 23.7 Å². The number of hydrogen-bond donors (Lipinski definition) is 1. The summed E-state index contributed by atoms with van der Waals surface area (Å²) in [6, 6.07) is 0. The standard InChI is InChI=1S/C25H34O6/c1-14-7-17-19-8-15(2)25(24(30-13-31-25)11-28-12-29-24)23(19,4)10-20(27)21(17)22(3)6-5-16(26)9-18(14)22/h7,9,15,17,19-21,27H,5-6,8,10-13H2,1-4H3/t15-,17+,19+,20+,21-,22+,23+,24?,25-/m1/s1. The molecule has 0 aromatic heterocycles. The molecule has 6 aliphatic rings. The predicted molar refractivity (Wildman–Crippen MR) is 112 cm³/mol. The van der Waals surface area contributed by atoms with Gasteiger partial charge in [-0.2, -0.15) is 0 Å². The Kier molecular flexibility index (Phi) is 4.17. The highest BCUT2D eigenvalue weighted by atomic mass is 16.9. The first-order valence-electron chi connectivity index (χ1n) is 11.8. The molecule has 1 unspecified atom stereocenters. The number of fused-ring (bicyclic) bond motifs is 7. The molecule has 6 heteroatoms. The molecule has 2 saturated heterocycles. The van der Waals surface area contributed by atoms with Gasteiger partial charge in [-0.25, -0.2) is 0 Å². The van der Waals surface area contributed by atoms with Gasteiger partial charge in [0, 0.05) is 17.8 Å². The lowest BCUT2D eigenvalue weighted by atomic mass is 9.46. The van der Waals surface area contributed by atoms with Gasteiger partial charge < -0.3 is 24.1 Å². The Labute approximate surface area is 183 Å². The van der Waals surface area contributed by atoms with Gasteiger partial charge in [-0.3, -0.25) is 4.79 Å². The monoisotopic (exact) mass is 430 g/mol. The minimum absolute atomic E-state index is 0.106. The van der Waals surface area contributed by atoms with Crippen molar-refractivity contribution < 1.29 is 28.8 Å². The van der Waals surface area contributed by atoms with Crippen LogP contribution in [-0.4, -0.2) is 48.6 Å². The molecule has 2 heterocycles. The van der Waals surface area contributed by atoms with Crippen LogP contribution < -0.4 is 0 Å². The predicted octanol–water partition coefficient (Wildman–Crippen LogP) is 3.34. The molecule has 0 bridgehead atoms. The molecule has 0 aromatic carbocycles. The normalized spacial score (nSPS) is 55.8. The molecule has 31 heavy (non-hydrogen) atoms. The lowest BCUT2D eigenvalue weighted by Crippen LogP contribution is -2.67. The van der Waals surface area contributed by atoms with Crippen molar-refractivity contribution in [2.75, 3.05) is 20.2 Å². The highest BCUT2D eigenvalue weighted by molar-refractivity contribution is 5.92. The van der Waals surface area contributed by atoms with E-state index in [0.717, 1.165) is 18.4 Å². The van der Waals surface area contributed by atoms with Crippen LogP contribution in [0.4, 0.5) is 0 Å². The smallest absolute Gasteiger partial charge is 0.227 e. The third-order valence-corrected chi connectivity index (χ3v) is 10.1. The molecular formula is C25H34O6. The largest absolute Gasteiger partial charge is 0.393 e. The molecule has 6 rings (SSSR count). The van der Waals surface area contributed by atoms with Crippen LogP contribution in [0.5, 0.6) is 0 Å². The topological polar surface area (TPSA) is 74.2 Å². The SMILES string of the molecule is CC1=C[C@@H]2[C@H]([C@@H](O)C[C@@]3(C)[C@H]2C[C@@H](C)[C@@]32OCOC23COCO3)[C@@]2(C)CCC(=O)C=C12. The van der Waals surface area contributed by atoms with E-state index in [1.807, 2.05) is 6.08 Å². The van der Waals surface area contributed by atoms with Gasteiger partial charge in [0.25, 0.3) is 0 Å². The van der Waals surface area contributed by atoms with Crippen molar-refractivity contribution in [1.29, 1.82) is 0 Å². The van der Waals surface area contributed by atoms with Gasteiger partial charge >= 0.3 is 0 Å². The zero-order valence-corrected chi connectivity index (χ0v) is 19.0. The number of allylic oxidation sites excluding steroid dienone is 4. The number of hydrogen-bond acceptors (Lipinski definition) is 6. The summed E-state index contributed by atoms with van der Waals surface area (Å²) in [6.07, 6.45) is 6.73. The third-order valence-electron chi connectivity index (χ3n) is 10.1. The van der Waals surface area contributed by atoms with Crippen molar-refractivity contribution in [3.8, 4) is 0 Å². The lowest BCUT2D eigenvalue weighted by molar-refractivity contribution is -0.264. The Morgan fingerprint density at radius 1 is 1.16 bits per heavy atom. The summed E-state index contributed by atoms with van der Waals surface area (Å²) in [4.78, 5) is 12.2. The number of aliphatic hydroxyl groups is 1. The molecule has 170 valence electrons. The first-order valence-corrected chi connectivity index (χ1v) is 11.8. The summed E-state index contributed by atoms with van der Waals surface area (Å²) < 4.78 is 24.4. The van der Waals surface area contributed by atoms with Crippen molar-refractivity contribution in [3.05, 3.63) is 23.3 Å². The molecule has 2 aliphatic heterocycles. The molecule has 0 aromatic rings. The maximum atomic E-state index is 12.2. The fourth-order valence-corrected chi connectivity index (χ4v) is 9.08. The van der Waals surface area contributed by atoms with E-state index in [2.05, 4.69) is 33.8 Å². The van der Waals surface area contributed by atoms with Crippen molar-refractivity contribution in [2.24, 2.45) is 34.5 Å². The Morgan fingerprint density at radius 3 is 2.68 bits per heavy atom. The van der Waals surface area contributed by atoms with Gasteiger partial charge in [0.1, 0.15) is 12.2 Å². The Bertz CT molecular complexity index is 881.